The summed E-state index contributed by atoms with van der Waals surface area (Å²) >= 11 is 12.0. The molecule has 4 rings (SSSR count). The predicted molar refractivity (Wildman–Crippen MR) is 112 cm³/mol. The lowest BCUT2D eigenvalue weighted by molar-refractivity contribution is 0.102. The van der Waals surface area contributed by atoms with Crippen molar-refractivity contribution >= 4 is 34.8 Å². The van der Waals surface area contributed by atoms with Crippen molar-refractivity contribution in [3.63, 3.8) is 0 Å². The number of nitrogens with zero attached hydrogens (tertiary/aromatic N) is 1. The van der Waals surface area contributed by atoms with Crippen LogP contribution < -0.4 is 5.32 Å². The van der Waals surface area contributed by atoms with Crippen molar-refractivity contribution in [3.05, 3.63) is 94.4 Å². The number of hydrogen-bond donors (Lipinski definition) is 1. The van der Waals surface area contributed by atoms with Crippen LogP contribution in [0, 0.1) is 5.82 Å². The zero-order valence-electron chi connectivity index (χ0n) is 14.8. The highest BCUT2D eigenvalue weighted by atomic mass is 35.5. The molecule has 144 valence electrons. The normalized spacial score (nSPS) is 10.7. The number of carbonyl (C=O) groups is 1. The fraction of sp³-hybridized carbons (Fsp3) is 0. The average molecular weight is 427 g/mol. The monoisotopic (exact) mass is 426 g/mol. The minimum atomic E-state index is -0.361. The van der Waals surface area contributed by atoms with Crippen molar-refractivity contribution in [1.82, 2.24) is 4.98 Å². The molecule has 0 aliphatic rings. The minimum Gasteiger partial charge on any atom is -0.436 e. The molecule has 1 aromatic heterocycles. The summed E-state index contributed by atoms with van der Waals surface area (Å²) in [5.41, 5.74) is 2.05. The Hall–Kier alpha value is -3.15. The molecule has 1 amide bonds. The standard InChI is InChI=1S/C22H13Cl2FN2O2/c23-14-9-15(24)11-17(10-14)27-21(28)18-3-1-2-4-19(18)22-26-12-20(29-22)13-5-7-16(25)8-6-13/h1-12H,(H,27,28). The maximum absolute atomic E-state index is 13.1. The Morgan fingerprint density at radius 2 is 1.66 bits per heavy atom. The van der Waals surface area contributed by atoms with Crippen LogP contribution in [0.15, 0.2) is 77.3 Å². The predicted octanol–water partition coefficient (Wildman–Crippen LogP) is 6.71. The van der Waals surface area contributed by atoms with Crippen LogP contribution in [-0.4, -0.2) is 10.9 Å². The van der Waals surface area contributed by atoms with Gasteiger partial charge in [-0.3, -0.25) is 4.79 Å². The molecule has 0 saturated heterocycles. The summed E-state index contributed by atoms with van der Waals surface area (Å²) in [7, 11) is 0. The number of anilines is 1. The maximum Gasteiger partial charge on any atom is 0.256 e. The van der Waals surface area contributed by atoms with Crippen LogP contribution >= 0.6 is 23.2 Å². The van der Waals surface area contributed by atoms with E-state index in [2.05, 4.69) is 10.3 Å². The van der Waals surface area contributed by atoms with Gasteiger partial charge in [0.1, 0.15) is 5.82 Å². The van der Waals surface area contributed by atoms with Gasteiger partial charge in [-0.25, -0.2) is 9.37 Å². The Morgan fingerprint density at radius 3 is 2.38 bits per heavy atom. The molecule has 0 bridgehead atoms. The highest BCUT2D eigenvalue weighted by Crippen LogP contribution is 2.29. The SMILES string of the molecule is O=C(Nc1cc(Cl)cc(Cl)c1)c1ccccc1-c1ncc(-c2ccc(F)cc2)o1. The first-order valence-corrected chi connectivity index (χ1v) is 9.34. The van der Waals surface area contributed by atoms with Crippen LogP contribution in [0.1, 0.15) is 10.4 Å². The van der Waals surface area contributed by atoms with Crippen molar-refractivity contribution in [2.75, 3.05) is 5.32 Å². The van der Waals surface area contributed by atoms with E-state index in [4.69, 9.17) is 27.6 Å². The summed E-state index contributed by atoms with van der Waals surface area (Å²) in [6.07, 6.45) is 1.54. The number of hydrogen-bond acceptors (Lipinski definition) is 3. The lowest BCUT2D eigenvalue weighted by Crippen LogP contribution is -2.13. The second-order valence-corrected chi connectivity index (χ2v) is 7.07. The number of amides is 1. The molecule has 0 spiro atoms. The highest BCUT2D eigenvalue weighted by molar-refractivity contribution is 6.35. The van der Waals surface area contributed by atoms with Gasteiger partial charge in [0.15, 0.2) is 5.76 Å². The zero-order chi connectivity index (χ0) is 20.4. The first kappa shape index (κ1) is 19.2. The first-order chi connectivity index (χ1) is 14.0. The Balaban J connectivity index is 1.65. The van der Waals surface area contributed by atoms with Crippen LogP contribution in [0.3, 0.4) is 0 Å². The molecular weight excluding hydrogens is 414 g/mol. The number of oxazole rings is 1. The summed E-state index contributed by atoms with van der Waals surface area (Å²) in [5, 5.41) is 3.60. The Bertz CT molecular complexity index is 1170. The van der Waals surface area contributed by atoms with Crippen LogP contribution in [0.4, 0.5) is 10.1 Å². The molecule has 4 nitrogen and oxygen atoms in total. The first-order valence-electron chi connectivity index (χ1n) is 8.58. The van der Waals surface area contributed by atoms with E-state index < -0.39 is 0 Å². The molecule has 0 saturated carbocycles. The molecule has 1 heterocycles. The third kappa shape index (κ3) is 4.31. The molecule has 1 N–H and O–H groups in total. The van der Waals surface area contributed by atoms with Gasteiger partial charge >= 0.3 is 0 Å². The van der Waals surface area contributed by atoms with E-state index in [9.17, 15) is 9.18 Å². The zero-order valence-corrected chi connectivity index (χ0v) is 16.3. The fourth-order valence-electron chi connectivity index (χ4n) is 2.84. The minimum absolute atomic E-state index is 0.277. The van der Waals surface area contributed by atoms with Crippen molar-refractivity contribution in [3.8, 4) is 22.8 Å². The van der Waals surface area contributed by atoms with Gasteiger partial charge in [0.25, 0.3) is 5.91 Å². The molecule has 0 fully saturated rings. The smallest absolute Gasteiger partial charge is 0.256 e. The summed E-state index contributed by atoms with van der Waals surface area (Å²) in [6.45, 7) is 0. The summed E-state index contributed by atoms with van der Waals surface area (Å²) in [4.78, 5) is 17.1. The van der Waals surface area contributed by atoms with Gasteiger partial charge in [0.2, 0.25) is 5.89 Å². The summed E-state index contributed by atoms with van der Waals surface area (Å²) in [5.74, 6) is 0.0492. The van der Waals surface area contributed by atoms with E-state index in [0.717, 1.165) is 0 Å². The van der Waals surface area contributed by atoms with Crippen LogP contribution in [0.5, 0.6) is 0 Å². The fourth-order valence-corrected chi connectivity index (χ4v) is 3.36. The van der Waals surface area contributed by atoms with Crippen LogP contribution in [-0.2, 0) is 0 Å². The number of rotatable bonds is 4. The highest BCUT2D eigenvalue weighted by Gasteiger charge is 2.17. The van der Waals surface area contributed by atoms with E-state index in [1.54, 1.807) is 54.6 Å². The molecule has 0 aliphatic carbocycles. The molecule has 0 atom stereocenters. The second kappa shape index (κ2) is 8.07. The maximum atomic E-state index is 13.1. The largest absolute Gasteiger partial charge is 0.436 e. The number of carbonyl (C=O) groups excluding carboxylic acids is 1. The second-order valence-electron chi connectivity index (χ2n) is 6.19. The Kier molecular flexibility index (Phi) is 5.34. The van der Waals surface area contributed by atoms with Gasteiger partial charge in [0.05, 0.1) is 11.8 Å². The van der Waals surface area contributed by atoms with Gasteiger partial charge in [-0.1, -0.05) is 35.3 Å². The van der Waals surface area contributed by atoms with E-state index in [0.29, 0.717) is 38.2 Å². The van der Waals surface area contributed by atoms with Crippen molar-refractivity contribution in [2.45, 2.75) is 0 Å². The van der Waals surface area contributed by atoms with Crippen LogP contribution in [0.25, 0.3) is 22.8 Å². The van der Waals surface area contributed by atoms with E-state index in [-0.39, 0.29) is 17.6 Å². The molecule has 29 heavy (non-hydrogen) atoms. The third-order valence-electron chi connectivity index (χ3n) is 4.16. The van der Waals surface area contributed by atoms with Crippen molar-refractivity contribution < 1.29 is 13.6 Å². The number of aromatic nitrogens is 1. The third-order valence-corrected chi connectivity index (χ3v) is 4.59. The topological polar surface area (TPSA) is 55.1 Å². The summed E-state index contributed by atoms with van der Waals surface area (Å²) < 4.78 is 19.0. The lowest BCUT2D eigenvalue weighted by Gasteiger charge is -2.09. The number of halogens is 3. The number of benzene rings is 3. The van der Waals surface area contributed by atoms with E-state index in [1.165, 1.54) is 18.3 Å². The van der Waals surface area contributed by atoms with Crippen molar-refractivity contribution in [2.24, 2.45) is 0 Å². The van der Waals surface area contributed by atoms with E-state index >= 15 is 0 Å². The average Bonchev–Trinajstić information content (AvgIpc) is 3.18. The van der Waals surface area contributed by atoms with Gasteiger partial charge in [-0.15, -0.1) is 0 Å². The molecule has 3 aromatic carbocycles. The molecule has 0 unspecified atom stereocenters. The molecule has 4 aromatic rings. The quantitative estimate of drug-likeness (QED) is 0.394. The summed E-state index contributed by atoms with van der Waals surface area (Å²) in [6, 6.07) is 17.6. The van der Waals surface area contributed by atoms with E-state index in [1.807, 2.05) is 0 Å². The molecule has 0 radical (unpaired) electrons. The molecule has 0 aliphatic heterocycles. The van der Waals surface area contributed by atoms with Gasteiger partial charge in [-0.05, 0) is 54.6 Å². The van der Waals surface area contributed by atoms with Gasteiger partial charge in [0, 0.05) is 26.9 Å². The number of nitrogens with one attached hydrogen (secondary N) is 1. The van der Waals surface area contributed by atoms with Crippen LogP contribution in [0.2, 0.25) is 10.0 Å². The van der Waals surface area contributed by atoms with Crippen molar-refractivity contribution in [1.29, 1.82) is 0 Å². The Morgan fingerprint density at radius 1 is 0.966 bits per heavy atom. The molecule has 7 heteroatoms. The van der Waals surface area contributed by atoms with Gasteiger partial charge < -0.3 is 9.73 Å². The molecular formula is C22H13Cl2FN2O2. The lowest BCUT2D eigenvalue weighted by atomic mass is 10.1. The van der Waals surface area contributed by atoms with Gasteiger partial charge in [-0.2, -0.15) is 0 Å². The Labute approximate surface area is 175 Å².